The van der Waals surface area contributed by atoms with Gasteiger partial charge in [0.05, 0.1) is 33.9 Å². The maximum absolute atomic E-state index is 13.6. The molecule has 2 saturated heterocycles. The molecule has 0 radical (unpaired) electrons. The molecule has 4 amide bonds. The minimum Gasteiger partial charge on any atom is -0.497 e. The first-order valence-corrected chi connectivity index (χ1v) is 10.8. The SMILES string of the molecule is COc1cc(CN2C(=O)C3C(=NC=CC3=[N+]3CCN(C(C)=O)CC3)N(C)C2=O)cc(OC)c1. The van der Waals surface area contributed by atoms with Crippen molar-refractivity contribution in [3.8, 4) is 11.5 Å². The third kappa shape index (κ3) is 4.20. The normalized spacial score (nSPS) is 20.7. The molecule has 0 aliphatic carbocycles. The molecule has 1 aromatic carbocycles. The second-order valence-electron chi connectivity index (χ2n) is 8.14. The number of hydrogen-bond acceptors (Lipinski definition) is 6. The zero-order valence-electron chi connectivity index (χ0n) is 19.3. The van der Waals surface area contributed by atoms with Crippen molar-refractivity contribution >= 4 is 29.4 Å². The average Bonchev–Trinajstić information content (AvgIpc) is 2.84. The monoisotopic (exact) mass is 454 g/mol. The van der Waals surface area contributed by atoms with Crippen molar-refractivity contribution in [3.05, 3.63) is 36.0 Å². The third-order valence-electron chi connectivity index (χ3n) is 6.22. The summed E-state index contributed by atoms with van der Waals surface area (Å²) in [4.78, 5) is 47.3. The minimum atomic E-state index is -0.686. The van der Waals surface area contributed by atoms with Crippen molar-refractivity contribution < 1.29 is 28.4 Å². The summed E-state index contributed by atoms with van der Waals surface area (Å²) in [6.45, 7) is 4.03. The molecule has 1 unspecified atom stereocenters. The van der Waals surface area contributed by atoms with Crippen molar-refractivity contribution in [1.29, 1.82) is 0 Å². The number of rotatable bonds is 4. The van der Waals surface area contributed by atoms with Crippen LogP contribution in [-0.2, 0) is 16.1 Å². The number of allylic oxidation sites excluding steroid dienone is 1. The number of ether oxygens (including phenoxy) is 2. The number of amidine groups is 1. The van der Waals surface area contributed by atoms with Gasteiger partial charge in [0.1, 0.15) is 17.3 Å². The fraction of sp³-hybridized carbons (Fsp3) is 0.435. The van der Waals surface area contributed by atoms with E-state index >= 15 is 0 Å². The van der Waals surface area contributed by atoms with Crippen LogP contribution in [0.1, 0.15) is 12.5 Å². The van der Waals surface area contributed by atoms with Gasteiger partial charge in [-0.05, 0) is 17.7 Å². The van der Waals surface area contributed by atoms with Gasteiger partial charge in [-0.25, -0.2) is 14.4 Å². The predicted molar refractivity (Wildman–Crippen MR) is 121 cm³/mol. The van der Waals surface area contributed by atoms with Gasteiger partial charge >= 0.3 is 6.03 Å². The van der Waals surface area contributed by atoms with Gasteiger partial charge in [0, 0.05) is 32.3 Å². The van der Waals surface area contributed by atoms with Gasteiger partial charge in [-0.15, -0.1) is 0 Å². The summed E-state index contributed by atoms with van der Waals surface area (Å²) in [7, 11) is 4.73. The van der Waals surface area contributed by atoms with Crippen molar-refractivity contribution in [3.63, 3.8) is 0 Å². The van der Waals surface area contributed by atoms with Crippen LogP contribution in [0.2, 0.25) is 0 Å². The molecule has 3 aliphatic heterocycles. The zero-order valence-corrected chi connectivity index (χ0v) is 19.3. The van der Waals surface area contributed by atoms with Crippen LogP contribution in [-0.4, -0.2) is 96.1 Å². The van der Waals surface area contributed by atoms with Crippen LogP contribution in [0, 0.1) is 5.92 Å². The van der Waals surface area contributed by atoms with Gasteiger partial charge in [0.2, 0.25) is 5.91 Å². The fourth-order valence-corrected chi connectivity index (χ4v) is 4.39. The first kappa shape index (κ1) is 22.5. The lowest BCUT2D eigenvalue weighted by atomic mass is 9.94. The molecule has 10 heteroatoms. The summed E-state index contributed by atoms with van der Waals surface area (Å²) < 4.78 is 12.7. The molecule has 10 nitrogen and oxygen atoms in total. The number of benzene rings is 1. The van der Waals surface area contributed by atoms with E-state index in [2.05, 4.69) is 9.57 Å². The van der Waals surface area contributed by atoms with Gasteiger partial charge in [-0.3, -0.25) is 19.4 Å². The Morgan fingerprint density at radius 1 is 1.12 bits per heavy atom. The molecule has 2 fully saturated rings. The van der Waals surface area contributed by atoms with E-state index in [0.29, 0.717) is 49.1 Å². The molecule has 3 heterocycles. The fourth-order valence-electron chi connectivity index (χ4n) is 4.39. The number of fused-ring (bicyclic) bond motifs is 1. The molecule has 4 rings (SSSR count). The standard InChI is InChI=1S/C23H28N5O5/c1-15(29)26-7-9-27(10-8-26)19-5-6-24-21-20(19)22(30)28(23(31)25(21)2)14-16-11-17(32-3)13-18(12-16)33-4/h5-6,11-13,20H,7-10,14H2,1-4H3/q+1. The summed E-state index contributed by atoms with van der Waals surface area (Å²) in [5.41, 5.74) is 1.51. The van der Waals surface area contributed by atoms with Gasteiger partial charge in [0.25, 0.3) is 5.91 Å². The van der Waals surface area contributed by atoms with E-state index in [9.17, 15) is 14.4 Å². The number of aliphatic imine (C=N–C) groups is 1. The first-order chi connectivity index (χ1) is 15.8. The third-order valence-corrected chi connectivity index (χ3v) is 6.22. The number of piperazine rings is 1. The molecule has 0 spiro atoms. The minimum absolute atomic E-state index is 0.0417. The van der Waals surface area contributed by atoms with Crippen LogP contribution < -0.4 is 9.47 Å². The van der Waals surface area contributed by atoms with E-state index in [1.165, 1.54) is 9.80 Å². The Morgan fingerprint density at radius 3 is 2.33 bits per heavy atom. The molecule has 0 aromatic heterocycles. The summed E-state index contributed by atoms with van der Waals surface area (Å²) in [5, 5.41) is 0. The highest BCUT2D eigenvalue weighted by atomic mass is 16.5. The lowest BCUT2D eigenvalue weighted by molar-refractivity contribution is -0.538. The van der Waals surface area contributed by atoms with Crippen LogP contribution in [0.25, 0.3) is 0 Å². The Morgan fingerprint density at radius 2 is 1.76 bits per heavy atom. The number of imide groups is 1. The lowest BCUT2D eigenvalue weighted by Crippen LogP contribution is -2.61. The topological polar surface area (TPSA) is 94.8 Å². The van der Waals surface area contributed by atoms with E-state index in [4.69, 9.17) is 9.47 Å². The van der Waals surface area contributed by atoms with E-state index in [1.54, 1.807) is 57.5 Å². The first-order valence-electron chi connectivity index (χ1n) is 10.8. The molecule has 3 aliphatic rings. The number of methoxy groups -OCH3 is 2. The highest BCUT2D eigenvalue weighted by Gasteiger charge is 2.48. The molecule has 1 atom stereocenters. The van der Waals surface area contributed by atoms with E-state index in [0.717, 1.165) is 5.71 Å². The average molecular weight is 455 g/mol. The number of amides is 4. The molecule has 174 valence electrons. The summed E-state index contributed by atoms with van der Waals surface area (Å²) in [6.07, 6.45) is 3.45. The van der Waals surface area contributed by atoms with E-state index in [1.807, 2.05) is 6.08 Å². The Labute approximate surface area is 192 Å². The molecule has 0 N–H and O–H groups in total. The number of carbonyl (C=O) groups is 3. The lowest BCUT2D eigenvalue weighted by Gasteiger charge is -2.38. The van der Waals surface area contributed by atoms with Crippen LogP contribution in [0.5, 0.6) is 11.5 Å². The Kier molecular flexibility index (Phi) is 6.17. The van der Waals surface area contributed by atoms with Crippen molar-refractivity contribution in [1.82, 2.24) is 14.7 Å². The maximum Gasteiger partial charge on any atom is 0.332 e. The number of nitrogens with zero attached hydrogens (tertiary/aromatic N) is 5. The smallest absolute Gasteiger partial charge is 0.332 e. The predicted octanol–water partition coefficient (Wildman–Crippen LogP) is 0.955. The zero-order chi connectivity index (χ0) is 23.7. The molecular weight excluding hydrogens is 426 g/mol. The van der Waals surface area contributed by atoms with E-state index < -0.39 is 11.9 Å². The van der Waals surface area contributed by atoms with Crippen LogP contribution in [0.15, 0.2) is 35.5 Å². The highest BCUT2D eigenvalue weighted by molar-refractivity contribution is 6.30. The van der Waals surface area contributed by atoms with Gasteiger partial charge in [-0.2, -0.15) is 0 Å². The van der Waals surface area contributed by atoms with Gasteiger partial charge < -0.3 is 14.4 Å². The molecular formula is C23H28N5O5+. The van der Waals surface area contributed by atoms with Gasteiger partial charge in [-0.1, -0.05) is 0 Å². The van der Waals surface area contributed by atoms with Crippen LogP contribution >= 0.6 is 0 Å². The Hall–Kier alpha value is -3.69. The summed E-state index contributed by atoms with van der Waals surface area (Å²) in [6, 6.07) is 4.85. The van der Waals surface area contributed by atoms with Crippen LogP contribution in [0.4, 0.5) is 4.79 Å². The van der Waals surface area contributed by atoms with Crippen molar-refractivity contribution in [2.75, 3.05) is 47.4 Å². The van der Waals surface area contributed by atoms with Gasteiger partial charge in [0.15, 0.2) is 24.7 Å². The number of urea groups is 1. The number of hydrogen-bond donors (Lipinski definition) is 0. The Balaban J connectivity index is 1.65. The largest absolute Gasteiger partial charge is 0.497 e. The second-order valence-corrected chi connectivity index (χ2v) is 8.14. The summed E-state index contributed by atoms with van der Waals surface area (Å²) >= 11 is 0. The molecule has 0 saturated carbocycles. The Bertz CT molecular complexity index is 1060. The van der Waals surface area contributed by atoms with Crippen molar-refractivity contribution in [2.24, 2.45) is 10.9 Å². The maximum atomic E-state index is 13.6. The number of carbonyl (C=O) groups excluding carboxylic acids is 3. The molecule has 1 aromatic rings. The van der Waals surface area contributed by atoms with E-state index in [-0.39, 0.29) is 18.4 Å². The highest BCUT2D eigenvalue weighted by Crippen LogP contribution is 2.28. The quantitative estimate of drug-likeness (QED) is 0.632. The van der Waals surface area contributed by atoms with Crippen LogP contribution in [0.3, 0.4) is 0 Å². The molecule has 33 heavy (non-hydrogen) atoms. The summed E-state index contributed by atoms with van der Waals surface area (Å²) in [5.74, 6) is 0.596. The second kappa shape index (κ2) is 9.05. The van der Waals surface area contributed by atoms with Crippen molar-refractivity contribution in [2.45, 2.75) is 13.5 Å². The molecule has 0 bridgehead atoms.